The highest BCUT2D eigenvalue weighted by atomic mass is 14.7. The van der Waals surface area contributed by atoms with E-state index >= 15 is 0 Å². The highest BCUT2D eigenvalue weighted by molar-refractivity contribution is 5.86. The Hall–Kier alpha value is -1.44. The number of rotatable bonds is 0. The second kappa shape index (κ2) is 3.05. The molecule has 0 N–H and O–H groups in total. The third-order valence-electron chi connectivity index (χ3n) is 2.43. The Balaban J connectivity index is 2.94. The van der Waals surface area contributed by atoms with E-state index in [0.29, 0.717) is 0 Å². The molecule has 0 amide bonds. The highest BCUT2D eigenvalue weighted by Crippen LogP contribution is 2.21. The van der Waals surface area contributed by atoms with Crippen molar-refractivity contribution in [1.29, 1.82) is 0 Å². The molecule has 2 heteroatoms. The topological polar surface area (TPSA) is 25.8 Å². The van der Waals surface area contributed by atoms with Gasteiger partial charge in [0.05, 0.1) is 0 Å². The van der Waals surface area contributed by atoms with E-state index in [1.54, 1.807) is 0 Å². The summed E-state index contributed by atoms with van der Waals surface area (Å²) in [4.78, 5) is 8.90. The number of nitrogens with zero attached hydrogens (tertiary/aromatic N) is 2. The van der Waals surface area contributed by atoms with Crippen LogP contribution in [0.5, 0.6) is 0 Å². The molecule has 0 aliphatic carbocycles. The van der Waals surface area contributed by atoms with Gasteiger partial charge in [-0.3, -0.25) is 9.97 Å². The van der Waals surface area contributed by atoms with Crippen molar-refractivity contribution in [2.75, 3.05) is 0 Å². The van der Waals surface area contributed by atoms with Crippen molar-refractivity contribution in [3.63, 3.8) is 0 Å². The Morgan fingerprint density at radius 3 is 1.64 bits per heavy atom. The summed E-state index contributed by atoms with van der Waals surface area (Å²) in [6, 6.07) is 4.23. The van der Waals surface area contributed by atoms with Gasteiger partial charge in [-0.1, -0.05) is 0 Å². The van der Waals surface area contributed by atoms with Gasteiger partial charge in [0.15, 0.2) is 0 Å². The summed E-state index contributed by atoms with van der Waals surface area (Å²) in [7, 11) is 0. The average molecular weight is 186 g/mol. The lowest BCUT2D eigenvalue weighted by Crippen LogP contribution is -1.94. The standard InChI is InChI=1S/C12H14N2/c1-7-5-11-6-8(2)14-10(4)12(11)9(3)13-7/h5-6H,1-4H3. The van der Waals surface area contributed by atoms with Crippen molar-refractivity contribution in [2.45, 2.75) is 27.7 Å². The number of hydrogen-bond donors (Lipinski definition) is 0. The molecule has 0 aliphatic heterocycles. The summed E-state index contributed by atoms with van der Waals surface area (Å²) in [5.74, 6) is 0. The van der Waals surface area contributed by atoms with E-state index in [2.05, 4.69) is 22.1 Å². The summed E-state index contributed by atoms with van der Waals surface area (Å²) in [6.07, 6.45) is 0. The lowest BCUT2D eigenvalue weighted by atomic mass is 10.1. The Bertz CT molecular complexity index is 458. The second-order valence-corrected chi connectivity index (χ2v) is 3.80. The zero-order chi connectivity index (χ0) is 10.3. The van der Waals surface area contributed by atoms with E-state index in [4.69, 9.17) is 0 Å². The Morgan fingerprint density at radius 2 is 1.21 bits per heavy atom. The lowest BCUT2D eigenvalue weighted by Gasteiger charge is -2.07. The Kier molecular flexibility index (Phi) is 1.99. The average Bonchev–Trinajstić information content (AvgIpc) is 1.99. The monoisotopic (exact) mass is 186 g/mol. The number of aryl methyl sites for hydroxylation is 4. The van der Waals surface area contributed by atoms with Crippen LogP contribution in [0.4, 0.5) is 0 Å². The van der Waals surface area contributed by atoms with Gasteiger partial charge in [0, 0.05) is 28.2 Å². The van der Waals surface area contributed by atoms with Crippen molar-refractivity contribution in [3.8, 4) is 0 Å². The maximum absolute atomic E-state index is 4.45. The Labute approximate surface area is 84.0 Å². The molecule has 72 valence electrons. The van der Waals surface area contributed by atoms with Crippen LogP contribution in [-0.2, 0) is 0 Å². The molecule has 0 radical (unpaired) electrons. The fraction of sp³-hybridized carbons (Fsp3) is 0.333. The zero-order valence-electron chi connectivity index (χ0n) is 9.05. The van der Waals surface area contributed by atoms with E-state index in [1.807, 2.05) is 27.7 Å². The van der Waals surface area contributed by atoms with Crippen LogP contribution >= 0.6 is 0 Å². The summed E-state index contributed by atoms with van der Waals surface area (Å²) < 4.78 is 0. The first kappa shape index (κ1) is 9.13. The molecule has 2 heterocycles. The van der Waals surface area contributed by atoms with E-state index in [1.165, 1.54) is 10.8 Å². The zero-order valence-corrected chi connectivity index (χ0v) is 9.05. The largest absolute Gasteiger partial charge is 0.258 e. The predicted octanol–water partition coefficient (Wildman–Crippen LogP) is 2.86. The maximum atomic E-state index is 4.45. The van der Waals surface area contributed by atoms with E-state index in [9.17, 15) is 0 Å². The molecule has 0 unspecified atom stereocenters. The van der Waals surface area contributed by atoms with Gasteiger partial charge < -0.3 is 0 Å². The number of aromatic nitrogens is 2. The first-order valence-corrected chi connectivity index (χ1v) is 4.80. The van der Waals surface area contributed by atoms with Crippen molar-refractivity contribution in [2.24, 2.45) is 0 Å². The molecule has 0 aliphatic rings. The van der Waals surface area contributed by atoms with Gasteiger partial charge in [0.2, 0.25) is 0 Å². The summed E-state index contributed by atoms with van der Waals surface area (Å²) in [5, 5.41) is 2.45. The van der Waals surface area contributed by atoms with E-state index in [0.717, 1.165) is 22.8 Å². The minimum Gasteiger partial charge on any atom is -0.258 e. The first-order chi connectivity index (χ1) is 6.58. The molecule has 0 saturated carbocycles. The van der Waals surface area contributed by atoms with Crippen LogP contribution < -0.4 is 0 Å². The molecular formula is C12H14N2. The van der Waals surface area contributed by atoms with Gasteiger partial charge in [-0.25, -0.2) is 0 Å². The van der Waals surface area contributed by atoms with Crippen molar-refractivity contribution in [3.05, 3.63) is 34.9 Å². The molecule has 0 atom stereocenters. The minimum atomic E-state index is 1.07. The quantitative estimate of drug-likeness (QED) is 0.632. The molecule has 2 aromatic rings. The third-order valence-corrected chi connectivity index (χ3v) is 2.43. The van der Waals surface area contributed by atoms with Gasteiger partial charge in [0.1, 0.15) is 0 Å². The van der Waals surface area contributed by atoms with Gasteiger partial charge >= 0.3 is 0 Å². The second-order valence-electron chi connectivity index (χ2n) is 3.80. The fourth-order valence-electron chi connectivity index (χ4n) is 2.02. The van der Waals surface area contributed by atoms with Gasteiger partial charge in [-0.05, 0) is 45.2 Å². The molecule has 14 heavy (non-hydrogen) atoms. The summed E-state index contributed by atoms with van der Waals surface area (Å²) >= 11 is 0. The van der Waals surface area contributed by atoms with Crippen LogP contribution in [0, 0.1) is 27.7 Å². The summed E-state index contributed by atoms with van der Waals surface area (Å²) in [5.41, 5.74) is 4.29. The van der Waals surface area contributed by atoms with Crippen molar-refractivity contribution in [1.82, 2.24) is 9.97 Å². The molecule has 0 spiro atoms. The summed E-state index contributed by atoms with van der Waals surface area (Å²) in [6.45, 7) is 8.13. The molecule has 0 fully saturated rings. The molecule has 0 aromatic carbocycles. The molecule has 2 rings (SSSR count). The van der Waals surface area contributed by atoms with Gasteiger partial charge in [-0.2, -0.15) is 0 Å². The minimum absolute atomic E-state index is 1.07. The van der Waals surface area contributed by atoms with Crippen LogP contribution in [0.15, 0.2) is 12.1 Å². The number of pyridine rings is 2. The van der Waals surface area contributed by atoms with Crippen LogP contribution in [0.2, 0.25) is 0 Å². The molecule has 2 nitrogen and oxygen atoms in total. The van der Waals surface area contributed by atoms with E-state index in [-0.39, 0.29) is 0 Å². The number of hydrogen-bond acceptors (Lipinski definition) is 2. The molecule has 0 saturated heterocycles. The lowest BCUT2D eigenvalue weighted by molar-refractivity contribution is 1.10. The van der Waals surface area contributed by atoms with Crippen LogP contribution in [-0.4, -0.2) is 9.97 Å². The molecule has 2 aromatic heterocycles. The van der Waals surface area contributed by atoms with Crippen LogP contribution in [0.3, 0.4) is 0 Å². The van der Waals surface area contributed by atoms with Crippen molar-refractivity contribution < 1.29 is 0 Å². The van der Waals surface area contributed by atoms with Gasteiger partial charge in [0.25, 0.3) is 0 Å². The molecular weight excluding hydrogens is 172 g/mol. The Morgan fingerprint density at radius 1 is 0.786 bits per heavy atom. The maximum Gasteiger partial charge on any atom is 0.0472 e. The SMILES string of the molecule is Cc1cc2cc(C)nc(C)c2c(C)n1. The number of fused-ring (bicyclic) bond motifs is 1. The first-order valence-electron chi connectivity index (χ1n) is 4.80. The predicted molar refractivity (Wildman–Crippen MR) is 58.5 cm³/mol. The van der Waals surface area contributed by atoms with Crippen molar-refractivity contribution >= 4 is 10.8 Å². The normalized spacial score (nSPS) is 10.9. The fourth-order valence-corrected chi connectivity index (χ4v) is 2.02. The third kappa shape index (κ3) is 1.37. The van der Waals surface area contributed by atoms with E-state index < -0.39 is 0 Å². The highest BCUT2D eigenvalue weighted by Gasteiger charge is 2.04. The molecule has 0 bridgehead atoms. The van der Waals surface area contributed by atoms with Crippen LogP contribution in [0.25, 0.3) is 10.8 Å². The van der Waals surface area contributed by atoms with Gasteiger partial charge in [-0.15, -0.1) is 0 Å². The van der Waals surface area contributed by atoms with Crippen LogP contribution in [0.1, 0.15) is 22.8 Å². The smallest absolute Gasteiger partial charge is 0.0472 e.